The van der Waals surface area contributed by atoms with Gasteiger partial charge in [0.15, 0.2) is 0 Å². The van der Waals surface area contributed by atoms with E-state index in [2.05, 4.69) is 10.2 Å². The van der Waals surface area contributed by atoms with Crippen LogP contribution in [-0.4, -0.2) is 117 Å². The van der Waals surface area contributed by atoms with Crippen LogP contribution in [0.3, 0.4) is 0 Å². The summed E-state index contributed by atoms with van der Waals surface area (Å²) in [5.41, 5.74) is 17.6. The van der Waals surface area contributed by atoms with Crippen molar-refractivity contribution in [1.82, 2.24) is 30.3 Å². The molecule has 0 radical (unpaired) electrons. The molecule has 3 fully saturated rings. The second-order valence-electron chi connectivity index (χ2n) is 11.7. The third-order valence-electron chi connectivity index (χ3n) is 8.56. The number of halogens is 1. The van der Waals surface area contributed by atoms with Crippen LogP contribution in [0, 0.1) is 11.8 Å². The normalized spacial score (nSPS) is 21.7. The van der Waals surface area contributed by atoms with Crippen molar-refractivity contribution in [3.8, 4) is 0 Å². The highest BCUT2D eigenvalue weighted by molar-refractivity contribution is 5.93. The lowest BCUT2D eigenvalue weighted by atomic mass is 10.1. The lowest BCUT2D eigenvalue weighted by Crippen LogP contribution is -2.46. The van der Waals surface area contributed by atoms with E-state index in [1.807, 2.05) is 12.3 Å². The third-order valence-corrected chi connectivity index (χ3v) is 8.56. The van der Waals surface area contributed by atoms with Crippen LogP contribution >= 0.6 is 0 Å². The van der Waals surface area contributed by atoms with E-state index in [0.717, 1.165) is 0 Å². The van der Waals surface area contributed by atoms with Crippen LogP contribution < -0.4 is 28.5 Å². The van der Waals surface area contributed by atoms with E-state index in [1.54, 1.807) is 13.8 Å². The number of hydrogen-bond acceptors (Lipinski definition) is 12. The summed E-state index contributed by atoms with van der Waals surface area (Å²) in [4.78, 5) is 95.1. The van der Waals surface area contributed by atoms with Gasteiger partial charge in [0.2, 0.25) is 53.6 Å². The maximum absolute atomic E-state index is 11.8. The van der Waals surface area contributed by atoms with Crippen molar-refractivity contribution in [2.24, 2.45) is 34.9 Å². The molecule has 0 bridgehead atoms. The average Bonchev–Trinajstić information content (AvgIpc) is 3.88. The zero-order valence-electron chi connectivity index (χ0n) is 29.7. The van der Waals surface area contributed by atoms with Crippen molar-refractivity contribution in [2.75, 3.05) is 26.8 Å². The smallest absolute Gasteiger partial charge is 0.240 e. The van der Waals surface area contributed by atoms with Crippen LogP contribution in [-0.2, 0) is 38.4 Å². The Morgan fingerprint density at radius 3 is 1.58 bits per heavy atom. The predicted octanol–water partition coefficient (Wildman–Crippen LogP) is -1.99. The maximum Gasteiger partial charge on any atom is 0.240 e. The molecule has 0 spiro atoms. The van der Waals surface area contributed by atoms with Gasteiger partial charge in [-0.1, -0.05) is 20.8 Å². The van der Waals surface area contributed by atoms with Crippen molar-refractivity contribution in [3.63, 3.8) is 0 Å². The van der Waals surface area contributed by atoms with Gasteiger partial charge in [-0.15, -0.1) is 10.2 Å². The van der Waals surface area contributed by atoms with Gasteiger partial charge in [0.25, 0.3) is 0 Å². The molecule has 280 valence electrons. The Bertz CT molecular complexity index is 1390. The number of carbonyl (C=O) groups is 8. The van der Waals surface area contributed by atoms with Crippen LogP contribution in [0.4, 0.5) is 4.39 Å². The minimum absolute atomic E-state index is 0.00910. The summed E-state index contributed by atoms with van der Waals surface area (Å²) in [7, 11) is -1.00. The van der Waals surface area contributed by atoms with E-state index in [0.29, 0.717) is 38.2 Å². The SMILES string of the molecule is CC[C@@H](C(N)=O)N1CC(C(=O)NN)CC1=O.CC[C@@H](C(N)=O)N1CC(C(C)=O)CC1=O.CC[C@@H](C(N)=O)N1CC(c2nnco2)CC1=O.[2H]CF. The van der Waals surface area contributed by atoms with Gasteiger partial charge < -0.3 is 36.3 Å². The topological polar surface area (TPSA) is 301 Å². The molecule has 50 heavy (non-hydrogen) atoms. The molecule has 3 unspecified atom stereocenters. The fourth-order valence-electron chi connectivity index (χ4n) is 5.91. The highest BCUT2D eigenvalue weighted by Gasteiger charge is 2.40. The molecule has 20 heteroatoms. The summed E-state index contributed by atoms with van der Waals surface area (Å²) in [5.74, 6) is 2.09. The fourth-order valence-corrected chi connectivity index (χ4v) is 5.91. The highest BCUT2D eigenvalue weighted by atomic mass is 19.1. The zero-order chi connectivity index (χ0) is 39.0. The Labute approximate surface area is 290 Å². The number of hydrogen-bond donors (Lipinski definition) is 5. The fraction of sp³-hybridized carbons (Fsp3) is 0.667. The van der Waals surface area contributed by atoms with Crippen molar-refractivity contribution >= 4 is 47.1 Å². The van der Waals surface area contributed by atoms with Crippen molar-refractivity contribution in [3.05, 3.63) is 12.3 Å². The number of Topliss-reactive ketones (excluding diaryl/α,β-unsaturated/α-hetero) is 1. The molecule has 3 saturated heterocycles. The molecular formula is C30H49FN10O9. The number of carbonyl (C=O) groups excluding carboxylic acids is 8. The quantitative estimate of drug-likeness (QED) is 0.0894. The second kappa shape index (κ2) is 20.5. The first kappa shape index (κ1) is 41.2. The minimum Gasteiger partial charge on any atom is -0.428 e. The van der Waals surface area contributed by atoms with Crippen molar-refractivity contribution in [2.45, 2.75) is 90.3 Å². The molecule has 7 amide bonds. The Kier molecular flexibility index (Phi) is 16.9. The molecule has 19 nitrogen and oxygen atoms in total. The van der Waals surface area contributed by atoms with Crippen LogP contribution in [0.2, 0.25) is 0 Å². The van der Waals surface area contributed by atoms with Gasteiger partial charge >= 0.3 is 0 Å². The van der Waals surface area contributed by atoms with E-state index in [4.69, 9.17) is 28.8 Å². The van der Waals surface area contributed by atoms with Gasteiger partial charge in [0, 0.05) is 44.8 Å². The number of ketones is 1. The molecule has 3 aliphatic heterocycles. The molecule has 9 N–H and O–H groups in total. The first-order valence-electron chi connectivity index (χ1n) is 16.6. The van der Waals surface area contributed by atoms with Crippen molar-refractivity contribution in [1.29, 1.82) is 0 Å². The predicted molar refractivity (Wildman–Crippen MR) is 173 cm³/mol. The molecule has 4 heterocycles. The molecule has 0 aliphatic carbocycles. The van der Waals surface area contributed by atoms with Gasteiger partial charge in [-0.3, -0.25) is 48.2 Å². The van der Waals surface area contributed by atoms with Gasteiger partial charge in [-0.25, -0.2) is 5.84 Å². The standard InChI is InChI=1S/C10H14N4O3.C10H16N2O3.C9H16N4O3.CH3F/c1-2-7(9(11)16)14-4-6(3-8(14)15)10-13-12-5-17-10;1-3-8(10(11)15)12-5-7(6(2)13)4-9(12)14;1-2-6(8(10)15)13-4-5(3-7(13)14)9(16)12-11;1-2/h5-7H,2-4H2,1H3,(H2,11,16);7-8H,3-5H2,1-2H3,(H2,11,15);5-6H,2-4,11H2,1H3,(H2,10,15)(H,12,16);1H3/t6?,7-;7?,8-;5?,6-;/m000./s1/i;;;1D. The molecule has 0 saturated carbocycles. The molecule has 1 aromatic rings. The Morgan fingerprint density at radius 1 is 0.840 bits per heavy atom. The van der Waals surface area contributed by atoms with Crippen molar-refractivity contribution < 1.29 is 48.5 Å². The number of amides is 7. The monoisotopic (exact) mass is 713 g/mol. The summed E-state index contributed by atoms with van der Waals surface area (Å²) in [6, 6.07) is -1.75. The van der Waals surface area contributed by atoms with Gasteiger partial charge in [0.05, 0.1) is 20.4 Å². The Hall–Kier alpha value is -5.01. The zero-order valence-corrected chi connectivity index (χ0v) is 28.7. The van der Waals surface area contributed by atoms with Gasteiger partial charge in [0.1, 0.15) is 23.9 Å². The number of nitrogens with two attached hydrogens (primary N) is 4. The number of aromatic nitrogens is 2. The number of rotatable bonds is 12. The van der Waals surface area contributed by atoms with Crippen LogP contribution in [0.1, 0.15) is 79.4 Å². The summed E-state index contributed by atoms with van der Waals surface area (Å²) >= 11 is 0. The lowest BCUT2D eigenvalue weighted by Gasteiger charge is -2.24. The number of hydrazine groups is 1. The first-order valence-corrected chi connectivity index (χ1v) is 15.9. The largest absolute Gasteiger partial charge is 0.428 e. The molecule has 1 aromatic heterocycles. The lowest BCUT2D eigenvalue weighted by molar-refractivity contribution is -0.136. The van der Waals surface area contributed by atoms with E-state index < -0.39 is 54.8 Å². The maximum atomic E-state index is 11.8. The van der Waals surface area contributed by atoms with E-state index in [9.17, 15) is 42.7 Å². The third kappa shape index (κ3) is 11.3. The van der Waals surface area contributed by atoms with E-state index in [-0.39, 0.29) is 61.1 Å². The first-order chi connectivity index (χ1) is 24.0. The average molecular weight is 714 g/mol. The number of nitrogens with one attached hydrogen (secondary N) is 1. The molecule has 6 atom stereocenters. The van der Waals surface area contributed by atoms with Gasteiger partial charge in [-0.05, 0) is 26.2 Å². The Balaban J connectivity index is 0.000000368. The summed E-state index contributed by atoms with van der Waals surface area (Å²) < 4.78 is 20.6. The molecule has 3 aliphatic rings. The summed E-state index contributed by atoms with van der Waals surface area (Å²) in [5, 5.41) is 7.36. The Morgan fingerprint density at radius 2 is 1.24 bits per heavy atom. The minimum atomic E-state index is -1.00. The molecule has 0 aromatic carbocycles. The highest BCUT2D eigenvalue weighted by Crippen LogP contribution is 2.28. The van der Waals surface area contributed by atoms with Crippen LogP contribution in [0.25, 0.3) is 0 Å². The second-order valence-corrected chi connectivity index (χ2v) is 11.7. The number of nitrogens with zero attached hydrogens (tertiary/aromatic N) is 5. The number of alkyl halides is 1. The van der Waals surface area contributed by atoms with E-state index >= 15 is 0 Å². The van der Waals surface area contributed by atoms with Gasteiger partial charge in [-0.2, -0.15) is 0 Å². The number of primary amides is 3. The van der Waals surface area contributed by atoms with E-state index in [1.165, 1.54) is 28.0 Å². The summed E-state index contributed by atoms with van der Waals surface area (Å²) in [6.07, 6.45) is 3.24. The summed E-state index contributed by atoms with van der Waals surface area (Å²) in [6.45, 7) is 7.78. The molecular weight excluding hydrogens is 663 g/mol. The molecule has 4 rings (SSSR count). The van der Waals surface area contributed by atoms with Crippen LogP contribution in [0.5, 0.6) is 0 Å². The van der Waals surface area contributed by atoms with Crippen LogP contribution in [0.15, 0.2) is 10.8 Å². The number of likely N-dealkylation sites (tertiary alicyclic amines) is 3.